The Hall–Kier alpha value is -3.27. The third-order valence-electron chi connectivity index (χ3n) is 4.67. The van der Waals surface area contributed by atoms with E-state index in [4.69, 9.17) is 17.2 Å². The van der Waals surface area contributed by atoms with E-state index in [1.807, 2.05) is 36.4 Å². The van der Waals surface area contributed by atoms with Crippen molar-refractivity contribution in [2.45, 2.75) is 13.5 Å². The Balaban J connectivity index is 2.24. The fraction of sp³-hybridized carbons (Fsp3) is 0.0952. The zero-order valence-corrected chi connectivity index (χ0v) is 14.2. The van der Waals surface area contributed by atoms with Gasteiger partial charge in [-0.05, 0) is 55.5 Å². The summed E-state index contributed by atoms with van der Waals surface area (Å²) in [5, 5.41) is 3.47. The van der Waals surface area contributed by atoms with Gasteiger partial charge < -0.3 is 17.2 Å². The highest BCUT2D eigenvalue weighted by molar-refractivity contribution is 6.10. The number of benzene rings is 3. The highest BCUT2D eigenvalue weighted by Gasteiger charge is 2.22. The molecule has 0 aliphatic rings. The average Bonchev–Trinajstić information content (AvgIpc) is 2.61. The second-order valence-corrected chi connectivity index (χ2v) is 6.30. The van der Waals surface area contributed by atoms with E-state index in [1.54, 1.807) is 0 Å². The molecule has 0 aliphatic heterocycles. The Morgan fingerprint density at radius 3 is 1.96 bits per heavy atom. The number of rotatable bonds is 2. The Kier molecular flexibility index (Phi) is 3.46. The maximum Gasteiger partial charge on any atom is 0.220 e. The molecule has 0 saturated heterocycles. The second kappa shape index (κ2) is 5.67. The van der Waals surface area contributed by atoms with Crippen LogP contribution in [0.3, 0.4) is 0 Å². The Labute approximate surface area is 146 Å². The van der Waals surface area contributed by atoms with Gasteiger partial charge in [0.1, 0.15) is 6.54 Å². The highest BCUT2D eigenvalue weighted by Crippen LogP contribution is 2.33. The first-order valence-electron chi connectivity index (χ1n) is 8.38. The topological polar surface area (TPSA) is 81.9 Å². The Morgan fingerprint density at radius 2 is 1.28 bits per heavy atom. The summed E-state index contributed by atoms with van der Waals surface area (Å²) in [6.07, 6.45) is 0. The molecule has 4 aromatic rings. The monoisotopic (exact) mass is 329 g/mol. The molecule has 25 heavy (non-hydrogen) atoms. The first-order valence-corrected chi connectivity index (χ1v) is 8.38. The molecular formula is C21H21N4+. The van der Waals surface area contributed by atoms with Crippen molar-refractivity contribution in [3.63, 3.8) is 0 Å². The molecule has 4 rings (SSSR count). The fourth-order valence-corrected chi connectivity index (χ4v) is 3.54. The van der Waals surface area contributed by atoms with Gasteiger partial charge in [-0.25, -0.2) is 0 Å². The molecule has 124 valence electrons. The van der Waals surface area contributed by atoms with Crippen molar-refractivity contribution < 1.29 is 4.57 Å². The van der Waals surface area contributed by atoms with E-state index in [-0.39, 0.29) is 0 Å². The number of aromatic nitrogens is 1. The lowest BCUT2D eigenvalue weighted by atomic mass is 9.98. The quantitative estimate of drug-likeness (QED) is 0.298. The molecule has 4 heteroatoms. The largest absolute Gasteiger partial charge is 0.399 e. The summed E-state index contributed by atoms with van der Waals surface area (Å²) in [7, 11) is 0. The number of fused-ring (bicyclic) bond motifs is 3. The maximum absolute atomic E-state index is 6.11. The molecule has 0 atom stereocenters. The molecule has 0 aliphatic carbocycles. The predicted octanol–water partition coefficient (Wildman–Crippen LogP) is 3.71. The van der Waals surface area contributed by atoms with Gasteiger partial charge in [0.2, 0.25) is 11.2 Å². The lowest BCUT2D eigenvalue weighted by Crippen LogP contribution is -2.36. The number of nitrogens with zero attached hydrogens (tertiary/aromatic N) is 1. The van der Waals surface area contributed by atoms with Crippen molar-refractivity contribution in [2.75, 3.05) is 17.2 Å². The zero-order chi connectivity index (χ0) is 17.6. The molecule has 1 heterocycles. The van der Waals surface area contributed by atoms with Crippen LogP contribution in [0.15, 0.2) is 60.7 Å². The van der Waals surface area contributed by atoms with Gasteiger partial charge in [-0.3, -0.25) is 0 Å². The minimum Gasteiger partial charge on any atom is -0.399 e. The lowest BCUT2D eigenvalue weighted by Gasteiger charge is -2.12. The van der Waals surface area contributed by atoms with E-state index >= 15 is 0 Å². The van der Waals surface area contributed by atoms with Crippen molar-refractivity contribution >= 4 is 38.7 Å². The third-order valence-corrected chi connectivity index (χ3v) is 4.67. The van der Waals surface area contributed by atoms with Crippen LogP contribution < -0.4 is 21.8 Å². The van der Waals surface area contributed by atoms with Gasteiger partial charge in [0, 0.05) is 34.1 Å². The first-order chi connectivity index (χ1) is 12.1. The van der Waals surface area contributed by atoms with Crippen LogP contribution in [0.2, 0.25) is 0 Å². The van der Waals surface area contributed by atoms with Crippen molar-refractivity contribution in [1.29, 1.82) is 0 Å². The van der Waals surface area contributed by atoms with E-state index in [1.165, 1.54) is 10.8 Å². The summed E-state index contributed by atoms with van der Waals surface area (Å²) in [5.74, 6) is 0. The molecule has 0 amide bonds. The highest BCUT2D eigenvalue weighted by atomic mass is 15.0. The number of pyridine rings is 1. The van der Waals surface area contributed by atoms with Gasteiger partial charge in [-0.15, -0.1) is 0 Å². The van der Waals surface area contributed by atoms with Gasteiger partial charge in [0.15, 0.2) is 0 Å². The number of anilines is 3. The van der Waals surface area contributed by atoms with Crippen molar-refractivity contribution in [2.24, 2.45) is 0 Å². The summed E-state index contributed by atoms with van der Waals surface area (Å²) in [4.78, 5) is 0. The molecule has 4 nitrogen and oxygen atoms in total. The second-order valence-electron chi connectivity index (χ2n) is 6.30. The standard InChI is InChI=1S/C21H20N4/c1-2-25-20-12-16(24)8-10-18(20)17-9-7-15(23)11-19(17)21(25)13-3-5-14(22)6-4-13/h3-12H,2,23H2,1H3,(H3,22,24)/p+1. The molecule has 3 aromatic carbocycles. The van der Waals surface area contributed by atoms with Crippen LogP contribution in [-0.2, 0) is 6.54 Å². The zero-order valence-electron chi connectivity index (χ0n) is 14.2. The van der Waals surface area contributed by atoms with E-state index in [0.29, 0.717) is 0 Å². The molecule has 0 bridgehead atoms. The van der Waals surface area contributed by atoms with Crippen molar-refractivity contribution in [3.8, 4) is 11.3 Å². The number of hydrogen-bond donors (Lipinski definition) is 3. The summed E-state index contributed by atoms with van der Waals surface area (Å²) in [6.45, 7) is 2.96. The van der Waals surface area contributed by atoms with Gasteiger partial charge in [-0.1, -0.05) is 6.07 Å². The molecular weight excluding hydrogens is 308 g/mol. The number of nitrogen functional groups attached to an aromatic ring is 3. The summed E-state index contributed by atoms with van der Waals surface area (Å²) < 4.78 is 2.29. The van der Waals surface area contributed by atoms with Crippen molar-refractivity contribution in [3.05, 3.63) is 60.7 Å². The van der Waals surface area contributed by atoms with Crippen LogP contribution in [0.25, 0.3) is 32.9 Å². The van der Waals surface area contributed by atoms with Crippen molar-refractivity contribution in [1.82, 2.24) is 0 Å². The summed E-state index contributed by atoms with van der Waals surface area (Å²) in [5.41, 5.74) is 23.7. The first kappa shape index (κ1) is 15.3. The van der Waals surface area contributed by atoms with Gasteiger partial charge >= 0.3 is 0 Å². The molecule has 0 spiro atoms. The smallest absolute Gasteiger partial charge is 0.220 e. The molecule has 0 radical (unpaired) electrons. The van der Waals surface area contributed by atoms with E-state index in [9.17, 15) is 0 Å². The Bertz CT molecular complexity index is 1100. The molecule has 0 saturated carbocycles. The maximum atomic E-state index is 6.11. The fourth-order valence-electron chi connectivity index (χ4n) is 3.54. The molecule has 0 unspecified atom stereocenters. The van der Waals surface area contributed by atoms with Crippen LogP contribution in [0.4, 0.5) is 17.1 Å². The van der Waals surface area contributed by atoms with Gasteiger partial charge in [0.25, 0.3) is 0 Å². The van der Waals surface area contributed by atoms with Crippen LogP contribution in [0, 0.1) is 0 Å². The normalized spacial score (nSPS) is 11.2. The lowest BCUT2D eigenvalue weighted by molar-refractivity contribution is -0.655. The number of nitrogens with two attached hydrogens (primary N) is 3. The van der Waals surface area contributed by atoms with Crippen LogP contribution >= 0.6 is 0 Å². The average molecular weight is 329 g/mol. The third kappa shape index (κ3) is 2.43. The molecule has 1 aromatic heterocycles. The molecule has 6 N–H and O–H groups in total. The van der Waals surface area contributed by atoms with E-state index in [0.717, 1.165) is 45.8 Å². The van der Waals surface area contributed by atoms with Crippen LogP contribution in [0.5, 0.6) is 0 Å². The Morgan fingerprint density at radius 1 is 0.680 bits per heavy atom. The summed E-state index contributed by atoms with van der Waals surface area (Å²) in [6, 6.07) is 20.1. The minimum absolute atomic E-state index is 0.751. The van der Waals surface area contributed by atoms with Gasteiger partial charge in [-0.2, -0.15) is 4.57 Å². The number of aryl methyl sites for hydroxylation is 1. The predicted molar refractivity (Wildman–Crippen MR) is 106 cm³/mol. The summed E-state index contributed by atoms with van der Waals surface area (Å²) >= 11 is 0. The number of hydrogen-bond acceptors (Lipinski definition) is 3. The molecule has 0 fully saturated rings. The van der Waals surface area contributed by atoms with E-state index < -0.39 is 0 Å². The van der Waals surface area contributed by atoms with Crippen LogP contribution in [0.1, 0.15) is 6.92 Å². The van der Waals surface area contributed by atoms with Crippen LogP contribution in [-0.4, -0.2) is 0 Å². The van der Waals surface area contributed by atoms with Gasteiger partial charge in [0.05, 0.1) is 10.8 Å². The van der Waals surface area contributed by atoms with E-state index in [2.05, 4.69) is 35.8 Å². The SMILES string of the molecule is CC[n+]1c(-c2ccc(N)cc2)c2cc(N)ccc2c2ccc(N)cc21. The minimum atomic E-state index is 0.751.